The molecule has 1 unspecified atom stereocenters. The van der Waals surface area contributed by atoms with Crippen molar-refractivity contribution in [2.45, 2.75) is 45.6 Å². The molecule has 226 valence electrons. The Morgan fingerprint density at radius 2 is 1.86 bits per heavy atom. The zero-order chi connectivity index (χ0) is 31.1. The van der Waals surface area contributed by atoms with E-state index in [1.807, 2.05) is 19.1 Å². The van der Waals surface area contributed by atoms with Crippen LogP contribution in [0.25, 0.3) is 11.2 Å². The first-order valence-corrected chi connectivity index (χ1v) is 15.2. The molecule has 12 heteroatoms. The highest BCUT2D eigenvalue weighted by Crippen LogP contribution is 2.33. The second-order valence-electron chi connectivity index (χ2n) is 11.2. The van der Waals surface area contributed by atoms with Gasteiger partial charge in [0.05, 0.1) is 11.3 Å². The second kappa shape index (κ2) is 11.7. The zero-order valence-electron chi connectivity index (χ0n) is 24.4. The van der Waals surface area contributed by atoms with Gasteiger partial charge in [-0.25, -0.2) is 14.2 Å². The van der Waals surface area contributed by atoms with Crippen molar-refractivity contribution in [1.29, 1.82) is 0 Å². The van der Waals surface area contributed by atoms with E-state index in [1.54, 1.807) is 42.8 Å². The summed E-state index contributed by atoms with van der Waals surface area (Å²) in [4.78, 5) is 63.2. The van der Waals surface area contributed by atoms with Crippen molar-refractivity contribution in [2.24, 2.45) is 5.92 Å². The van der Waals surface area contributed by atoms with Crippen molar-refractivity contribution >= 4 is 45.7 Å². The monoisotopic (exact) mass is 614 g/mol. The van der Waals surface area contributed by atoms with E-state index in [-0.39, 0.29) is 35.2 Å². The van der Waals surface area contributed by atoms with Crippen molar-refractivity contribution < 1.29 is 14.0 Å². The molecule has 0 aliphatic heterocycles. The lowest BCUT2D eigenvalue weighted by atomic mass is 9.91. The first-order valence-electron chi connectivity index (χ1n) is 14.3. The van der Waals surface area contributed by atoms with Crippen LogP contribution in [0.15, 0.2) is 63.5 Å². The van der Waals surface area contributed by atoms with Crippen LogP contribution in [-0.2, 0) is 17.8 Å². The summed E-state index contributed by atoms with van der Waals surface area (Å²) in [7, 11) is 1.66. The van der Waals surface area contributed by atoms with Crippen LogP contribution in [0.4, 0.5) is 15.8 Å². The van der Waals surface area contributed by atoms with Gasteiger partial charge in [0.25, 0.3) is 11.5 Å². The molecular weight excluding hydrogens is 583 g/mol. The summed E-state index contributed by atoms with van der Waals surface area (Å²) in [5.74, 6) is -0.593. The molecule has 2 amide bonds. The number of H-pyrrole nitrogens is 2. The fourth-order valence-electron chi connectivity index (χ4n) is 5.43. The molecule has 10 nitrogen and oxygen atoms in total. The molecule has 1 aliphatic rings. The number of carbonyl (C=O) groups is 2. The van der Waals surface area contributed by atoms with Crippen molar-refractivity contribution in [3.05, 3.63) is 108 Å². The van der Waals surface area contributed by atoms with Crippen molar-refractivity contribution in [1.82, 2.24) is 19.5 Å². The van der Waals surface area contributed by atoms with Crippen LogP contribution < -0.4 is 21.5 Å². The quantitative estimate of drug-likeness (QED) is 0.216. The summed E-state index contributed by atoms with van der Waals surface area (Å²) in [5, 5.41) is 4.47. The maximum Gasteiger partial charge on any atom is 0.330 e. The zero-order valence-corrected chi connectivity index (χ0v) is 25.3. The third-order valence-corrected chi connectivity index (χ3v) is 8.90. The Morgan fingerprint density at radius 1 is 1.14 bits per heavy atom. The molecule has 2 aromatic carbocycles. The normalized spacial score (nSPS) is 13.6. The number of aromatic nitrogens is 4. The van der Waals surface area contributed by atoms with Gasteiger partial charge in [0, 0.05) is 42.4 Å². The minimum atomic E-state index is -0.557. The number of halogens is 1. The minimum Gasteiger partial charge on any atom is -0.336 e. The number of hydrogen-bond donors (Lipinski definition) is 3. The van der Waals surface area contributed by atoms with E-state index in [2.05, 4.69) is 15.3 Å². The van der Waals surface area contributed by atoms with Gasteiger partial charge in [-0.3, -0.25) is 23.9 Å². The number of aryl methyl sites for hydroxylation is 1. The summed E-state index contributed by atoms with van der Waals surface area (Å²) in [6.07, 6.45) is 2.27. The standard InChI is InChI=1S/C32H31FN6O4S/c1-17-26(25(16-44-17)34-18(2)40)31(42)38(3)22-12-10-20(11-13-22)23(14-21-6-4-5-7-24(21)33)28-35-27-29(36-28)39(15-19-8-9-19)32(43)37-30(27)41/h4-7,10-13,16,19,23H,8-9,14-15H2,1-3H3,(H,34,40)(H,35,36)(H,37,41,43). The maximum absolute atomic E-state index is 14.9. The number of carbonyl (C=O) groups excluding carboxylic acids is 2. The first-order chi connectivity index (χ1) is 21.1. The van der Waals surface area contributed by atoms with Gasteiger partial charge in [0.15, 0.2) is 5.65 Å². The molecule has 3 heterocycles. The first kappa shape index (κ1) is 29.2. The Labute approximate surface area is 255 Å². The summed E-state index contributed by atoms with van der Waals surface area (Å²) < 4.78 is 16.4. The van der Waals surface area contributed by atoms with E-state index >= 15 is 0 Å². The summed E-state index contributed by atoms with van der Waals surface area (Å²) in [5.41, 5.74) is 2.17. The highest BCUT2D eigenvalue weighted by molar-refractivity contribution is 7.10. The average molecular weight is 615 g/mol. The van der Waals surface area contributed by atoms with Crippen LogP contribution in [0.2, 0.25) is 0 Å². The molecule has 0 bridgehead atoms. The number of rotatable bonds is 9. The highest BCUT2D eigenvalue weighted by atomic mass is 32.1. The largest absolute Gasteiger partial charge is 0.336 e. The third kappa shape index (κ3) is 5.72. The second-order valence-corrected chi connectivity index (χ2v) is 12.3. The van der Waals surface area contributed by atoms with E-state index < -0.39 is 17.2 Å². The molecule has 0 radical (unpaired) electrons. The number of thiophene rings is 1. The predicted octanol–water partition coefficient (Wildman–Crippen LogP) is 4.94. The summed E-state index contributed by atoms with van der Waals surface area (Å²) in [6, 6.07) is 13.8. The fourth-order valence-corrected chi connectivity index (χ4v) is 6.21. The molecule has 3 N–H and O–H groups in total. The Morgan fingerprint density at radius 3 is 2.55 bits per heavy atom. The highest BCUT2D eigenvalue weighted by Gasteiger charge is 2.27. The molecule has 1 aliphatic carbocycles. The molecule has 1 saturated carbocycles. The van der Waals surface area contributed by atoms with Crippen LogP contribution in [0, 0.1) is 18.7 Å². The van der Waals surface area contributed by atoms with Crippen LogP contribution >= 0.6 is 11.3 Å². The predicted molar refractivity (Wildman–Crippen MR) is 168 cm³/mol. The maximum atomic E-state index is 14.9. The Bertz CT molecular complexity index is 2000. The van der Waals surface area contributed by atoms with Crippen LogP contribution in [0.3, 0.4) is 0 Å². The number of nitrogens with one attached hydrogen (secondary N) is 3. The van der Waals surface area contributed by atoms with Gasteiger partial charge in [-0.05, 0) is 61.4 Å². The molecule has 5 aromatic rings. The van der Waals surface area contributed by atoms with Crippen molar-refractivity contribution in [3.8, 4) is 0 Å². The molecule has 6 rings (SSSR count). The molecule has 0 spiro atoms. The van der Waals surface area contributed by atoms with Gasteiger partial charge in [-0.1, -0.05) is 30.3 Å². The van der Waals surface area contributed by atoms with E-state index in [4.69, 9.17) is 4.98 Å². The number of aromatic amines is 2. The fraction of sp³-hybridized carbons (Fsp3) is 0.281. The van der Waals surface area contributed by atoms with Gasteiger partial charge >= 0.3 is 5.69 Å². The lowest BCUT2D eigenvalue weighted by Gasteiger charge is -2.21. The number of hydrogen-bond acceptors (Lipinski definition) is 6. The molecule has 3 aromatic heterocycles. The van der Waals surface area contributed by atoms with Crippen LogP contribution in [-0.4, -0.2) is 38.4 Å². The number of imidazole rings is 1. The number of anilines is 2. The molecule has 1 atom stereocenters. The lowest BCUT2D eigenvalue weighted by Crippen LogP contribution is -2.30. The number of amides is 2. The van der Waals surface area contributed by atoms with Crippen LogP contribution in [0.1, 0.15) is 57.9 Å². The third-order valence-electron chi connectivity index (χ3n) is 7.99. The smallest absolute Gasteiger partial charge is 0.330 e. The summed E-state index contributed by atoms with van der Waals surface area (Å²) >= 11 is 1.38. The lowest BCUT2D eigenvalue weighted by molar-refractivity contribution is -0.114. The Kier molecular flexibility index (Phi) is 7.76. The van der Waals surface area contributed by atoms with E-state index in [1.165, 1.54) is 33.8 Å². The molecule has 44 heavy (non-hydrogen) atoms. The summed E-state index contributed by atoms with van der Waals surface area (Å²) in [6.45, 7) is 3.69. The average Bonchev–Trinajstić information content (AvgIpc) is 3.60. The Hall–Kier alpha value is -4.84. The number of benzene rings is 2. The SMILES string of the molecule is CC(=O)Nc1csc(C)c1C(=O)N(C)c1ccc(C(Cc2ccccc2F)c2nc3c([nH]2)c(=O)[nH]c(=O)n3CC2CC2)cc1. The van der Waals surface area contributed by atoms with Gasteiger partial charge in [-0.15, -0.1) is 11.3 Å². The van der Waals surface area contributed by atoms with Gasteiger partial charge in [0.1, 0.15) is 17.2 Å². The van der Waals surface area contributed by atoms with Crippen molar-refractivity contribution in [3.63, 3.8) is 0 Å². The van der Waals surface area contributed by atoms with E-state index in [9.17, 15) is 23.6 Å². The van der Waals surface area contributed by atoms with E-state index in [0.29, 0.717) is 40.8 Å². The van der Waals surface area contributed by atoms with Gasteiger partial charge < -0.3 is 15.2 Å². The van der Waals surface area contributed by atoms with Crippen LogP contribution in [0.5, 0.6) is 0 Å². The number of nitrogens with zero attached hydrogens (tertiary/aromatic N) is 3. The van der Waals surface area contributed by atoms with E-state index in [0.717, 1.165) is 23.3 Å². The molecule has 1 fully saturated rings. The minimum absolute atomic E-state index is 0.196. The van der Waals surface area contributed by atoms with Crippen molar-refractivity contribution in [2.75, 3.05) is 17.3 Å². The number of fused-ring (bicyclic) bond motifs is 1. The molecular formula is C32H31FN6O4S. The molecule has 0 saturated heterocycles. The van der Waals surface area contributed by atoms with Gasteiger partial charge in [-0.2, -0.15) is 0 Å². The van der Waals surface area contributed by atoms with Gasteiger partial charge in [0.2, 0.25) is 5.91 Å². The Balaban J connectivity index is 1.37. The topological polar surface area (TPSA) is 133 Å².